The van der Waals surface area contributed by atoms with Gasteiger partial charge >= 0.3 is 0 Å². The largest absolute Gasteiger partial charge is 0.386 e. The van der Waals surface area contributed by atoms with E-state index in [0.29, 0.717) is 18.5 Å². The quantitative estimate of drug-likeness (QED) is 0.150. The van der Waals surface area contributed by atoms with Crippen molar-refractivity contribution in [1.82, 2.24) is 25.8 Å². The van der Waals surface area contributed by atoms with Crippen LogP contribution >= 0.6 is 0 Å². The zero-order chi connectivity index (χ0) is 41.1. The summed E-state index contributed by atoms with van der Waals surface area (Å²) >= 11 is 0. The molecule has 10 atom stereocenters. The van der Waals surface area contributed by atoms with Gasteiger partial charge < -0.3 is 40.3 Å². The molecule has 1 fully saturated rings. The lowest BCUT2D eigenvalue weighted by Gasteiger charge is -2.41. The van der Waals surface area contributed by atoms with Crippen LogP contribution in [0.1, 0.15) is 114 Å². The predicted molar refractivity (Wildman–Crippen MR) is 213 cm³/mol. The fourth-order valence-electron chi connectivity index (χ4n) is 7.66. The molecule has 0 saturated carbocycles. The number of aliphatic hydroxyl groups excluding tert-OH is 1. The molecule has 12 heteroatoms. The molecule has 1 aliphatic heterocycles. The number of amides is 4. The Morgan fingerprint density at radius 1 is 0.907 bits per heavy atom. The molecule has 4 N–H and O–H groups in total. The average molecular weight is 760 g/mol. The molecule has 12 nitrogen and oxygen atoms in total. The summed E-state index contributed by atoms with van der Waals surface area (Å²) in [4.78, 5) is 59.1. The lowest BCUT2D eigenvalue weighted by atomic mass is 9.89. The molecule has 1 heterocycles. The van der Waals surface area contributed by atoms with Crippen molar-refractivity contribution >= 4 is 23.6 Å². The Kier molecular flexibility index (Phi) is 18.6. The third-order valence-corrected chi connectivity index (χ3v) is 11.0. The van der Waals surface area contributed by atoms with Crippen LogP contribution < -0.4 is 16.0 Å². The molecule has 0 spiro atoms. The van der Waals surface area contributed by atoms with Gasteiger partial charge in [-0.05, 0) is 63.9 Å². The zero-order valence-electron chi connectivity index (χ0n) is 35.6. The van der Waals surface area contributed by atoms with Crippen molar-refractivity contribution in [1.29, 1.82) is 0 Å². The zero-order valence-corrected chi connectivity index (χ0v) is 35.6. The lowest BCUT2D eigenvalue weighted by molar-refractivity contribution is -0.148. The number of likely N-dealkylation sites (tertiary alicyclic amines) is 1. The van der Waals surface area contributed by atoms with Gasteiger partial charge in [0, 0.05) is 33.4 Å². The highest BCUT2D eigenvalue weighted by Gasteiger charge is 2.43. The number of nitrogens with zero attached hydrogens (tertiary/aromatic N) is 2. The summed E-state index contributed by atoms with van der Waals surface area (Å²) in [6.07, 6.45) is 0.117. The van der Waals surface area contributed by atoms with E-state index in [2.05, 4.69) is 16.0 Å². The minimum absolute atomic E-state index is 0.00204. The van der Waals surface area contributed by atoms with Crippen LogP contribution in [0.25, 0.3) is 0 Å². The normalized spacial score (nSPS) is 20.0. The summed E-state index contributed by atoms with van der Waals surface area (Å²) in [5.74, 6) is -1.68. The number of likely N-dealkylation sites (N-methyl/N-ethyl adjacent to an activating group) is 1. The molecule has 0 aromatic heterocycles. The van der Waals surface area contributed by atoms with Gasteiger partial charge in [0.25, 0.3) is 0 Å². The maximum absolute atomic E-state index is 14.3. The molecule has 4 amide bonds. The number of methoxy groups -OCH3 is 2. The van der Waals surface area contributed by atoms with E-state index in [4.69, 9.17) is 9.47 Å². The minimum Gasteiger partial charge on any atom is -0.386 e. The SMILES string of the molecule is CC[C@H](C)[C@@H]([C@@H](CC(=O)N1CCC[C@H]1[C@H](OC)[C@@H](C)C(=O)N[C@H](C)[C@@H](O)c1ccccc1)OC)N(C)C(=O)[C@@H](NC(=O)[C@@H](NC(C)(C)C)C(C)C)C(C)C. The Hall–Kier alpha value is -3.06. The molecular formula is C42H73N5O7. The number of ether oxygens (including phenoxy) is 2. The number of nitrogens with one attached hydrogen (secondary N) is 3. The smallest absolute Gasteiger partial charge is 0.245 e. The number of aliphatic hydroxyl groups is 1. The highest BCUT2D eigenvalue weighted by molar-refractivity contribution is 5.90. The molecule has 0 aliphatic carbocycles. The van der Waals surface area contributed by atoms with Gasteiger partial charge in [-0.25, -0.2) is 0 Å². The fourth-order valence-corrected chi connectivity index (χ4v) is 7.66. The highest BCUT2D eigenvalue weighted by atomic mass is 16.5. The first kappa shape index (κ1) is 47.1. The summed E-state index contributed by atoms with van der Waals surface area (Å²) in [6, 6.07) is 6.59. The van der Waals surface area contributed by atoms with E-state index in [9.17, 15) is 24.3 Å². The first-order valence-corrected chi connectivity index (χ1v) is 19.9. The molecule has 0 bridgehead atoms. The van der Waals surface area contributed by atoms with E-state index in [0.717, 1.165) is 12.8 Å². The second kappa shape index (κ2) is 21.3. The van der Waals surface area contributed by atoms with Gasteiger partial charge in [0.05, 0.1) is 54.8 Å². The number of carbonyl (C=O) groups excluding carboxylic acids is 4. The van der Waals surface area contributed by atoms with E-state index in [1.54, 1.807) is 44.9 Å². The molecule has 2 rings (SSSR count). The van der Waals surface area contributed by atoms with Crippen LogP contribution in [0, 0.1) is 23.7 Å². The van der Waals surface area contributed by atoms with Crippen LogP contribution in [0.3, 0.4) is 0 Å². The first-order valence-electron chi connectivity index (χ1n) is 19.9. The van der Waals surface area contributed by atoms with Gasteiger partial charge in [-0.2, -0.15) is 0 Å². The molecule has 1 saturated heterocycles. The van der Waals surface area contributed by atoms with Crippen molar-refractivity contribution in [2.75, 3.05) is 27.8 Å². The number of benzene rings is 1. The van der Waals surface area contributed by atoms with Crippen LogP contribution in [0.2, 0.25) is 0 Å². The van der Waals surface area contributed by atoms with Crippen molar-refractivity contribution < 1.29 is 33.8 Å². The third kappa shape index (κ3) is 12.7. The van der Waals surface area contributed by atoms with Crippen LogP contribution in [-0.4, -0.2) is 114 Å². The summed E-state index contributed by atoms with van der Waals surface area (Å²) < 4.78 is 12.0. The first-order chi connectivity index (χ1) is 25.2. The van der Waals surface area contributed by atoms with Gasteiger partial charge in [0.15, 0.2) is 0 Å². The Balaban J connectivity index is 2.26. The van der Waals surface area contributed by atoms with Gasteiger partial charge in [-0.15, -0.1) is 0 Å². The molecule has 54 heavy (non-hydrogen) atoms. The molecule has 1 aromatic carbocycles. The van der Waals surface area contributed by atoms with E-state index in [1.807, 2.05) is 92.6 Å². The van der Waals surface area contributed by atoms with Crippen molar-refractivity contribution in [2.45, 2.75) is 156 Å². The summed E-state index contributed by atoms with van der Waals surface area (Å²) in [6.45, 7) is 22.0. The average Bonchev–Trinajstić information content (AvgIpc) is 3.61. The molecule has 1 aromatic rings. The Morgan fingerprint density at radius 3 is 2.00 bits per heavy atom. The maximum atomic E-state index is 14.3. The maximum Gasteiger partial charge on any atom is 0.245 e. The number of carbonyl (C=O) groups is 4. The van der Waals surface area contributed by atoms with Crippen molar-refractivity contribution in [3.63, 3.8) is 0 Å². The number of rotatable bonds is 20. The van der Waals surface area contributed by atoms with Crippen LogP contribution in [-0.2, 0) is 28.7 Å². The standard InChI is InChI=1S/C42H73N5O7/c1-15-27(6)36(46(12)41(52)35(26(4)5)44-40(51)34(25(2)3)45-42(9,10)11)32(53-13)24-33(48)47-23-19-22-31(47)38(54-14)28(7)39(50)43-29(8)37(49)30-20-17-16-18-21-30/h16-18,20-21,25-29,31-32,34-38,45,49H,15,19,22-24H2,1-14H3,(H,43,50)(H,44,51)/t27-,28+,29+,31-,32+,34-,35-,36-,37+,38+/m0/s1. The third-order valence-electron chi connectivity index (χ3n) is 11.0. The van der Waals surface area contributed by atoms with Crippen molar-refractivity contribution in [3.8, 4) is 0 Å². The topological polar surface area (TPSA) is 150 Å². The van der Waals surface area contributed by atoms with Gasteiger partial charge in [-0.1, -0.05) is 85.2 Å². The summed E-state index contributed by atoms with van der Waals surface area (Å²) in [5.41, 5.74) is 0.412. The van der Waals surface area contributed by atoms with Crippen LogP contribution in [0.4, 0.5) is 0 Å². The molecular weight excluding hydrogens is 686 g/mol. The summed E-state index contributed by atoms with van der Waals surface area (Å²) in [5, 5.41) is 20.2. The van der Waals surface area contributed by atoms with Crippen LogP contribution in [0.15, 0.2) is 30.3 Å². The van der Waals surface area contributed by atoms with Crippen molar-refractivity contribution in [3.05, 3.63) is 35.9 Å². The number of hydrogen-bond acceptors (Lipinski definition) is 8. The fraction of sp³-hybridized carbons (Fsp3) is 0.762. The van der Waals surface area contributed by atoms with Crippen molar-refractivity contribution in [2.24, 2.45) is 23.7 Å². The minimum atomic E-state index is -0.878. The molecule has 1 aliphatic rings. The molecule has 0 unspecified atom stereocenters. The second-order valence-corrected chi connectivity index (χ2v) is 17.1. The van der Waals surface area contributed by atoms with Crippen LogP contribution in [0.5, 0.6) is 0 Å². The van der Waals surface area contributed by atoms with Gasteiger partial charge in [0.1, 0.15) is 6.04 Å². The highest BCUT2D eigenvalue weighted by Crippen LogP contribution is 2.30. The Bertz CT molecular complexity index is 1340. The molecule has 0 radical (unpaired) electrons. The predicted octanol–water partition coefficient (Wildman–Crippen LogP) is 4.70. The van der Waals surface area contributed by atoms with E-state index in [1.165, 1.54) is 0 Å². The van der Waals surface area contributed by atoms with E-state index < -0.39 is 48.4 Å². The van der Waals surface area contributed by atoms with Gasteiger partial charge in [0.2, 0.25) is 23.6 Å². The second-order valence-electron chi connectivity index (χ2n) is 17.1. The lowest BCUT2D eigenvalue weighted by Crippen LogP contribution is -2.61. The van der Waals surface area contributed by atoms with Gasteiger partial charge in [-0.3, -0.25) is 19.2 Å². The van der Waals surface area contributed by atoms with E-state index in [-0.39, 0.29) is 59.4 Å². The Labute approximate surface area is 325 Å². The summed E-state index contributed by atoms with van der Waals surface area (Å²) in [7, 11) is 4.86. The number of hydrogen-bond donors (Lipinski definition) is 4. The molecule has 308 valence electrons. The Morgan fingerprint density at radius 2 is 1.50 bits per heavy atom. The van der Waals surface area contributed by atoms with E-state index >= 15 is 0 Å². The monoisotopic (exact) mass is 760 g/mol.